The van der Waals surface area contributed by atoms with Crippen molar-refractivity contribution in [3.05, 3.63) is 29.3 Å². The fraction of sp³-hybridized carbons (Fsp3) is 0.467. The zero-order chi connectivity index (χ0) is 14.3. The van der Waals surface area contributed by atoms with E-state index >= 15 is 0 Å². The first kappa shape index (κ1) is 15.2. The number of carbonyl (C=O) groups is 2. The highest BCUT2D eigenvalue weighted by Crippen LogP contribution is 2.18. The molecule has 0 atom stereocenters. The van der Waals surface area contributed by atoms with Crippen molar-refractivity contribution in [3.8, 4) is 0 Å². The molecule has 0 aliphatic rings. The molecule has 19 heavy (non-hydrogen) atoms. The lowest BCUT2D eigenvalue weighted by atomic mass is 10.1. The lowest BCUT2D eigenvalue weighted by Gasteiger charge is -2.18. The highest BCUT2D eigenvalue weighted by molar-refractivity contribution is 5.75. The van der Waals surface area contributed by atoms with Crippen molar-refractivity contribution in [3.63, 3.8) is 0 Å². The average Bonchev–Trinajstić information content (AvgIpc) is 2.37. The number of aliphatic carboxylic acids is 1. The maximum atomic E-state index is 11.1. The van der Waals surface area contributed by atoms with E-state index in [0.717, 1.165) is 30.5 Å². The third-order valence-electron chi connectivity index (χ3n) is 3.24. The molecular weight excluding hydrogens is 242 g/mol. The predicted octanol–water partition coefficient (Wildman–Crippen LogP) is 2.91. The van der Waals surface area contributed by atoms with E-state index in [2.05, 4.69) is 0 Å². The summed E-state index contributed by atoms with van der Waals surface area (Å²) in [6.07, 6.45) is 3.33. The summed E-state index contributed by atoms with van der Waals surface area (Å²) in [5.41, 5.74) is 3.27. The van der Waals surface area contributed by atoms with E-state index < -0.39 is 5.97 Å². The SMILES string of the molecule is Cc1ccc(N(C=O)CCCCCC(=O)O)cc1C. The van der Waals surface area contributed by atoms with Crippen molar-refractivity contribution in [1.82, 2.24) is 0 Å². The largest absolute Gasteiger partial charge is 0.481 e. The molecule has 0 aliphatic carbocycles. The van der Waals surface area contributed by atoms with Crippen LogP contribution >= 0.6 is 0 Å². The van der Waals surface area contributed by atoms with E-state index in [1.165, 1.54) is 5.56 Å². The zero-order valence-electron chi connectivity index (χ0n) is 11.6. The summed E-state index contributed by atoms with van der Waals surface area (Å²) in [5.74, 6) is -0.763. The number of carboxylic acids is 1. The van der Waals surface area contributed by atoms with E-state index in [4.69, 9.17) is 5.11 Å². The van der Waals surface area contributed by atoms with E-state index in [-0.39, 0.29) is 6.42 Å². The number of rotatable bonds is 8. The topological polar surface area (TPSA) is 57.6 Å². The lowest BCUT2D eigenvalue weighted by Crippen LogP contribution is -2.22. The van der Waals surface area contributed by atoms with Gasteiger partial charge in [0.15, 0.2) is 0 Å². The van der Waals surface area contributed by atoms with Crippen LogP contribution in [0.5, 0.6) is 0 Å². The number of aryl methyl sites for hydroxylation is 2. The number of hydrogen-bond donors (Lipinski definition) is 1. The van der Waals surface area contributed by atoms with Gasteiger partial charge >= 0.3 is 5.97 Å². The molecule has 0 bridgehead atoms. The van der Waals surface area contributed by atoms with Crippen LogP contribution in [-0.2, 0) is 9.59 Å². The maximum absolute atomic E-state index is 11.1. The Labute approximate surface area is 114 Å². The highest BCUT2D eigenvalue weighted by Gasteiger charge is 2.06. The molecule has 0 radical (unpaired) electrons. The molecule has 0 aromatic heterocycles. The van der Waals surface area contributed by atoms with Crippen molar-refractivity contribution in [1.29, 1.82) is 0 Å². The number of amides is 1. The molecule has 1 aromatic rings. The first-order chi connectivity index (χ1) is 9.04. The summed E-state index contributed by atoms with van der Waals surface area (Å²) in [4.78, 5) is 23.2. The standard InChI is InChI=1S/C15H21NO3/c1-12-7-8-14(10-13(12)2)16(11-17)9-5-3-4-6-15(18)19/h7-8,10-11H,3-6,9H2,1-2H3,(H,18,19). The first-order valence-electron chi connectivity index (χ1n) is 6.55. The summed E-state index contributed by atoms with van der Waals surface area (Å²) in [7, 11) is 0. The van der Waals surface area contributed by atoms with Crippen LogP contribution in [0.15, 0.2) is 18.2 Å². The van der Waals surface area contributed by atoms with Crippen molar-refractivity contribution >= 4 is 18.1 Å². The molecule has 0 unspecified atom stereocenters. The second-order valence-corrected chi connectivity index (χ2v) is 4.77. The summed E-state index contributed by atoms with van der Waals surface area (Å²) in [5, 5.41) is 8.54. The molecule has 4 heteroatoms. The Hall–Kier alpha value is -1.84. The summed E-state index contributed by atoms with van der Waals surface area (Å²) in [6, 6.07) is 5.94. The normalized spacial score (nSPS) is 10.2. The number of carboxylic acid groups (broad SMARTS) is 1. The second-order valence-electron chi connectivity index (χ2n) is 4.77. The zero-order valence-corrected chi connectivity index (χ0v) is 11.6. The van der Waals surface area contributed by atoms with E-state index in [1.54, 1.807) is 4.90 Å². The van der Waals surface area contributed by atoms with E-state index in [1.807, 2.05) is 32.0 Å². The van der Waals surface area contributed by atoms with Crippen LogP contribution in [0.3, 0.4) is 0 Å². The number of benzene rings is 1. The van der Waals surface area contributed by atoms with Gasteiger partial charge in [0.1, 0.15) is 0 Å². The van der Waals surface area contributed by atoms with Crippen LogP contribution in [0.4, 0.5) is 5.69 Å². The van der Waals surface area contributed by atoms with Crippen molar-refractivity contribution < 1.29 is 14.7 Å². The molecule has 1 aromatic carbocycles. The maximum Gasteiger partial charge on any atom is 0.303 e. The van der Waals surface area contributed by atoms with Crippen LogP contribution in [0.25, 0.3) is 0 Å². The van der Waals surface area contributed by atoms with E-state index in [9.17, 15) is 9.59 Å². The third-order valence-corrected chi connectivity index (χ3v) is 3.24. The van der Waals surface area contributed by atoms with Gasteiger partial charge in [-0.3, -0.25) is 9.59 Å². The molecule has 1 N–H and O–H groups in total. The smallest absolute Gasteiger partial charge is 0.303 e. The van der Waals surface area contributed by atoms with Gasteiger partial charge in [0.25, 0.3) is 0 Å². The third kappa shape index (κ3) is 5.12. The number of hydrogen-bond acceptors (Lipinski definition) is 2. The fourth-order valence-corrected chi connectivity index (χ4v) is 1.88. The Morgan fingerprint density at radius 1 is 1.21 bits per heavy atom. The molecular formula is C15H21NO3. The Balaban J connectivity index is 2.47. The number of nitrogens with zero attached hydrogens (tertiary/aromatic N) is 1. The van der Waals surface area contributed by atoms with Gasteiger partial charge in [-0.05, 0) is 49.9 Å². The Morgan fingerprint density at radius 2 is 1.95 bits per heavy atom. The summed E-state index contributed by atoms with van der Waals surface area (Å²) < 4.78 is 0. The summed E-state index contributed by atoms with van der Waals surface area (Å²) in [6.45, 7) is 4.69. The van der Waals surface area contributed by atoms with Gasteiger partial charge in [-0.1, -0.05) is 12.5 Å². The minimum absolute atomic E-state index is 0.199. The quantitative estimate of drug-likeness (QED) is 0.579. The minimum atomic E-state index is -0.763. The first-order valence-corrected chi connectivity index (χ1v) is 6.55. The highest BCUT2D eigenvalue weighted by atomic mass is 16.4. The van der Waals surface area contributed by atoms with Crippen molar-refractivity contribution in [2.75, 3.05) is 11.4 Å². The molecule has 0 saturated heterocycles. The van der Waals surface area contributed by atoms with Crippen LogP contribution in [0.2, 0.25) is 0 Å². The van der Waals surface area contributed by atoms with Crippen LogP contribution in [0.1, 0.15) is 36.8 Å². The van der Waals surface area contributed by atoms with Crippen LogP contribution in [-0.4, -0.2) is 24.0 Å². The Bertz CT molecular complexity index is 443. The van der Waals surface area contributed by atoms with Gasteiger partial charge in [0, 0.05) is 18.7 Å². The molecule has 1 amide bonds. The number of carbonyl (C=O) groups excluding carboxylic acids is 1. The number of anilines is 1. The molecule has 0 fully saturated rings. The van der Waals surface area contributed by atoms with Crippen molar-refractivity contribution in [2.45, 2.75) is 39.5 Å². The van der Waals surface area contributed by atoms with Gasteiger partial charge in [-0.15, -0.1) is 0 Å². The molecule has 0 heterocycles. The average molecular weight is 263 g/mol. The molecule has 1 rings (SSSR count). The monoisotopic (exact) mass is 263 g/mol. The van der Waals surface area contributed by atoms with Gasteiger partial charge < -0.3 is 10.0 Å². The summed E-state index contributed by atoms with van der Waals surface area (Å²) >= 11 is 0. The molecule has 0 saturated carbocycles. The Kier molecular flexibility index (Phi) is 6.06. The molecule has 0 aliphatic heterocycles. The number of unbranched alkanes of at least 4 members (excludes halogenated alkanes) is 2. The second kappa shape index (κ2) is 7.56. The minimum Gasteiger partial charge on any atom is -0.481 e. The van der Waals surface area contributed by atoms with Crippen LogP contribution < -0.4 is 4.90 Å². The van der Waals surface area contributed by atoms with E-state index in [0.29, 0.717) is 13.0 Å². The molecule has 0 spiro atoms. The van der Waals surface area contributed by atoms with Crippen LogP contribution in [0, 0.1) is 13.8 Å². The molecule has 104 valence electrons. The Morgan fingerprint density at radius 3 is 2.53 bits per heavy atom. The van der Waals surface area contributed by atoms with Gasteiger partial charge in [-0.2, -0.15) is 0 Å². The fourth-order valence-electron chi connectivity index (χ4n) is 1.88. The van der Waals surface area contributed by atoms with Gasteiger partial charge in [0.05, 0.1) is 0 Å². The van der Waals surface area contributed by atoms with Gasteiger partial charge in [0.2, 0.25) is 6.41 Å². The lowest BCUT2D eigenvalue weighted by molar-refractivity contribution is -0.137. The van der Waals surface area contributed by atoms with Crippen molar-refractivity contribution in [2.24, 2.45) is 0 Å². The molecule has 4 nitrogen and oxygen atoms in total. The van der Waals surface area contributed by atoms with Gasteiger partial charge in [-0.25, -0.2) is 0 Å². The predicted molar refractivity (Wildman–Crippen MR) is 75.4 cm³/mol.